The maximum atomic E-state index is 9.31. The Morgan fingerprint density at radius 3 is 1.82 bits per heavy atom. The van der Waals surface area contributed by atoms with Gasteiger partial charge in [-0.1, -0.05) is 33.6 Å². The second kappa shape index (κ2) is 4.73. The van der Waals surface area contributed by atoms with Crippen LogP contribution >= 0.6 is 0 Å². The summed E-state index contributed by atoms with van der Waals surface area (Å²) < 4.78 is 0. The van der Waals surface area contributed by atoms with E-state index in [0.717, 1.165) is 25.7 Å². The maximum Gasteiger partial charge on any atom is 0.107 e. The number of hydrogen-bond donors (Lipinski definition) is 2. The molecule has 11 heavy (non-hydrogen) atoms. The van der Waals surface area contributed by atoms with Crippen molar-refractivity contribution in [2.75, 3.05) is 0 Å². The molecule has 2 heteroatoms. The van der Waals surface area contributed by atoms with Crippen molar-refractivity contribution < 1.29 is 5.11 Å². The van der Waals surface area contributed by atoms with Crippen LogP contribution in [-0.4, -0.2) is 11.3 Å². The summed E-state index contributed by atoms with van der Waals surface area (Å²) in [7, 11) is 0. The number of hydrogen-bond acceptors (Lipinski definition) is 2. The summed E-state index contributed by atoms with van der Waals surface area (Å²) in [6.07, 6.45) is 3.54. The molecule has 0 aliphatic rings. The van der Waals surface area contributed by atoms with Gasteiger partial charge >= 0.3 is 0 Å². The lowest BCUT2D eigenvalue weighted by atomic mass is 9.80. The highest BCUT2D eigenvalue weighted by Crippen LogP contribution is 2.30. The van der Waals surface area contributed by atoms with E-state index in [1.54, 1.807) is 0 Å². The predicted octanol–water partition coefficient (Wildman–Crippen LogP) is 1.87. The maximum absolute atomic E-state index is 9.31. The third-order valence-corrected chi connectivity index (χ3v) is 2.36. The van der Waals surface area contributed by atoms with Crippen molar-refractivity contribution in [3.05, 3.63) is 0 Å². The molecule has 0 heterocycles. The second-order valence-corrected chi connectivity index (χ2v) is 3.60. The molecular formula is C9H21NO. The van der Waals surface area contributed by atoms with Crippen molar-refractivity contribution in [2.24, 2.45) is 11.1 Å². The molecule has 2 nitrogen and oxygen atoms in total. The summed E-state index contributed by atoms with van der Waals surface area (Å²) in [4.78, 5) is 0. The summed E-state index contributed by atoms with van der Waals surface area (Å²) in [5.74, 6) is 0. The van der Waals surface area contributed by atoms with E-state index in [4.69, 9.17) is 5.73 Å². The molecule has 0 saturated heterocycles. The Kier molecular flexibility index (Phi) is 4.69. The van der Waals surface area contributed by atoms with Gasteiger partial charge in [-0.2, -0.15) is 0 Å². The third kappa shape index (κ3) is 3.21. The molecule has 0 radical (unpaired) electrons. The van der Waals surface area contributed by atoms with Crippen molar-refractivity contribution in [3.8, 4) is 0 Å². The van der Waals surface area contributed by atoms with Gasteiger partial charge < -0.3 is 10.8 Å². The van der Waals surface area contributed by atoms with Crippen molar-refractivity contribution in [2.45, 2.75) is 52.7 Å². The second-order valence-electron chi connectivity index (χ2n) is 3.60. The van der Waals surface area contributed by atoms with Gasteiger partial charge in [-0.15, -0.1) is 0 Å². The summed E-state index contributed by atoms with van der Waals surface area (Å²) in [6.45, 7) is 6.30. The van der Waals surface area contributed by atoms with Crippen LogP contribution in [0.1, 0.15) is 46.5 Å². The van der Waals surface area contributed by atoms with E-state index in [1.165, 1.54) is 0 Å². The van der Waals surface area contributed by atoms with Gasteiger partial charge in [-0.3, -0.25) is 0 Å². The quantitative estimate of drug-likeness (QED) is 0.601. The minimum Gasteiger partial charge on any atom is -0.378 e. The molecule has 0 rings (SSSR count). The first-order valence-electron chi connectivity index (χ1n) is 4.50. The zero-order valence-electron chi connectivity index (χ0n) is 7.93. The van der Waals surface area contributed by atoms with Crippen LogP contribution in [0.2, 0.25) is 0 Å². The van der Waals surface area contributed by atoms with E-state index < -0.39 is 6.23 Å². The Morgan fingerprint density at radius 2 is 1.64 bits per heavy atom. The third-order valence-electron chi connectivity index (χ3n) is 2.36. The number of aliphatic hydroxyl groups excluding tert-OH is 1. The largest absolute Gasteiger partial charge is 0.378 e. The molecule has 0 amide bonds. The SMILES string of the molecule is CCCC(C)(CCC)C(N)O. The molecule has 0 bridgehead atoms. The van der Waals surface area contributed by atoms with Gasteiger partial charge in [0.25, 0.3) is 0 Å². The fourth-order valence-corrected chi connectivity index (χ4v) is 1.56. The molecule has 1 atom stereocenters. The molecule has 0 aromatic carbocycles. The molecule has 0 aliphatic carbocycles. The predicted molar refractivity (Wildman–Crippen MR) is 48.1 cm³/mol. The van der Waals surface area contributed by atoms with E-state index >= 15 is 0 Å². The van der Waals surface area contributed by atoms with Crippen molar-refractivity contribution >= 4 is 0 Å². The van der Waals surface area contributed by atoms with Gasteiger partial charge in [-0.25, -0.2) is 0 Å². The molecule has 3 N–H and O–H groups in total. The first kappa shape index (κ1) is 10.9. The normalized spacial score (nSPS) is 15.0. The number of rotatable bonds is 5. The van der Waals surface area contributed by atoms with Crippen LogP contribution in [0.15, 0.2) is 0 Å². The van der Waals surface area contributed by atoms with E-state index in [-0.39, 0.29) is 5.41 Å². The minimum absolute atomic E-state index is 0.0660. The average molecular weight is 159 g/mol. The average Bonchev–Trinajstić information content (AvgIpc) is 1.88. The zero-order chi connectivity index (χ0) is 8.91. The molecular weight excluding hydrogens is 138 g/mol. The Labute approximate surface area is 69.8 Å². The Hall–Kier alpha value is -0.0800. The zero-order valence-corrected chi connectivity index (χ0v) is 7.93. The molecule has 0 fully saturated rings. The smallest absolute Gasteiger partial charge is 0.107 e. The Balaban J connectivity index is 4.01. The summed E-state index contributed by atoms with van der Waals surface area (Å²) >= 11 is 0. The lowest BCUT2D eigenvalue weighted by molar-refractivity contribution is 0.0281. The molecule has 0 aliphatic heterocycles. The van der Waals surface area contributed by atoms with Crippen LogP contribution < -0.4 is 5.73 Å². The monoisotopic (exact) mass is 159 g/mol. The Bertz CT molecular complexity index is 95.7. The van der Waals surface area contributed by atoms with Gasteiger partial charge in [0.05, 0.1) is 0 Å². The van der Waals surface area contributed by atoms with E-state index in [1.807, 2.05) is 0 Å². The van der Waals surface area contributed by atoms with Crippen LogP contribution in [0.4, 0.5) is 0 Å². The first-order valence-corrected chi connectivity index (χ1v) is 4.50. The van der Waals surface area contributed by atoms with Crippen LogP contribution in [0, 0.1) is 5.41 Å². The highest BCUT2D eigenvalue weighted by atomic mass is 16.3. The van der Waals surface area contributed by atoms with Crippen molar-refractivity contribution in [1.29, 1.82) is 0 Å². The lowest BCUT2D eigenvalue weighted by Crippen LogP contribution is -2.39. The Morgan fingerprint density at radius 1 is 1.27 bits per heavy atom. The number of nitrogens with two attached hydrogens (primary N) is 1. The van der Waals surface area contributed by atoms with Gasteiger partial charge in [0, 0.05) is 5.41 Å². The number of aliphatic hydroxyl groups is 1. The summed E-state index contributed by atoms with van der Waals surface area (Å²) in [5.41, 5.74) is 5.43. The molecule has 1 unspecified atom stereocenters. The van der Waals surface area contributed by atoms with E-state index in [0.29, 0.717) is 0 Å². The fourth-order valence-electron chi connectivity index (χ4n) is 1.56. The molecule has 0 spiro atoms. The van der Waals surface area contributed by atoms with E-state index in [2.05, 4.69) is 20.8 Å². The topological polar surface area (TPSA) is 46.2 Å². The van der Waals surface area contributed by atoms with Crippen LogP contribution in [-0.2, 0) is 0 Å². The van der Waals surface area contributed by atoms with Gasteiger partial charge in [0.1, 0.15) is 6.23 Å². The minimum atomic E-state index is -0.664. The van der Waals surface area contributed by atoms with Crippen LogP contribution in [0.25, 0.3) is 0 Å². The first-order chi connectivity index (χ1) is 5.06. The van der Waals surface area contributed by atoms with Gasteiger partial charge in [0.2, 0.25) is 0 Å². The molecule has 0 aromatic heterocycles. The lowest BCUT2D eigenvalue weighted by Gasteiger charge is -2.31. The van der Waals surface area contributed by atoms with Gasteiger partial charge in [0.15, 0.2) is 0 Å². The highest BCUT2D eigenvalue weighted by Gasteiger charge is 2.28. The standard InChI is InChI=1S/C9H21NO/c1-4-6-9(3,7-5-2)8(10)11/h8,11H,4-7,10H2,1-3H3. The molecule has 68 valence electrons. The van der Waals surface area contributed by atoms with E-state index in [9.17, 15) is 5.11 Å². The van der Waals surface area contributed by atoms with Crippen molar-refractivity contribution in [3.63, 3.8) is 0 Å². The van der Waals surface area contributed by atoms with Crippen molar-refractivity contribution in [1.82, 2.24) is 0 Å². The fraction of sp³-hybridized carbons (Fsp3) is 1.00. The van der Waals surface area contributed by atoms with Crippen LogP contribution in [0.3, 0.4) is 0 Å². The summed E-state index contributed by atoms with van der Waals surface area (Å²) in [5, 5.41) is 9.31. The summed E-state index contributed by atoms with van der Waals surface area (Å²) in [6, 6.07) is 0. The molecule has 0 saturated carbocycles. The highest BCUT2D eigenvalue weighted by molar-refractivity contribution is 4.77. The van der Waals surface area contributed by atoms with Crippen LogP contribution in [0.5, 0.6) is 0 Å². The molecule has 0 aromatic rings. The van der Waals surface area contributed by atoms with Gasteiger partial charge in [-0.05, 0) is 12.8 Å².